The Morgan fingerprint density at radius 3 is 2.16 bits per heavy atom. The second-order valence-electron chi connectivity index (χ2n) is 3.81. The van der Waals surface area contributed by atoms with Crippen LogP contribution in [-0.4, -0.2) is 5.97 Å². The minimum absolute atomic E-state index is 0.115. The molecule has 0 heterocycles. The highest BCUT2D eigenvalue weighted by atomic mass is 19.1. The van der Waals surface area contributed by atoms with Crippen molar-refractivity contribution < 1.29 is 22.7 Å². The smallest absolute Gasteiger partial charge is 0.344 e. The summed E-state index contributed by atoms with van der Waals surface area (Å²) in [6.07, 6.45) is 0. The molecule has 0 saturated carbocycles. The summed E-state index contributed by atoms with van der Waals surface area (Å²) in [5.41, 5.74) is -0.212. The van der Waals surface area contributed by atoms with Gasteiger partial charge in [-0.2, -0.15) is 0 Å². The zero-order valence-electron chi connectivity index (χ0n) is 9.70. The van der Waals surface area contributed by atoms with Crippen molar-refractivity contribution in [2.75, 3.05) is 0 Å². The Labute approximate surface area is 107 Å². The third-order valence-corrected chi connectivity index (χ3v) is 2.42. The third-order valence-electron chi connectivity index (χ3n) is 2.42. The van der Waals surface area contributed by atoms with Gasteiger partial charge in [-0.1, -0.05) is 30.3 Å². The van der Waals surface area contributed by atoms with Crippen LogP contribution in [0.3, 0.4) is 0 Å². The molecule has 0 radical (unpaired) electrons. The van der Waals surface area contributed by atoms with Gasteiger partial charge in [0.05, 0.1) is 0 Å². The van der Waals surface area contributed by atoms with Crippen molar-refractivity contribution in [1.82, 2.24) is 0 Å². The molecule has 5 heteroatoms. The molecule has 0 aliphatic rings. The fraction of sp³-hybridized carbons (Fsp3) is 0.0714. The molecule has 0 N–H and O–H groups in total. The summed E-state index contributed by atoms with van der Waals surface area (Å²) in [7, 11) is 0. The highest BCUT2D eigenvalue weighted by Crippen LogP contribution is 2.16. The Bertz CT molecular complexity index is 574. The molecule has 0 aromatic heterocycles. The fourth-order valence-electron chi connectivity index (χ4n) is 1.53. The largest absolute Gasteiger partial charge is 0.457 e. The van der Waals surface area contributed by atoms with E-state index in [4.69, 9.17) is 4.74 Å². The van der Waals surface area contributed by atoms with Crippen molar-refractivity contribution in [1.29, 1.82) is 0 Å². The number of ether oxygens (including phenoxy) is 1. The summed E-state index contributed by atoms with van der Waals surface area (Å²) in [6, 6.07) is 9.52. The average Bonchev–Trinajstić information content (AvgIpc) is 2.36. The summed E-state index contributed by atoms with van der Waals surface area (Å²) in [5.74, 6) is -4.82. The highest BCUT2D eigenvalue weighted by molar-refractivity contribution is 5.90. The minimum atomic E-state index is -1.28. The molecule has 2 nitrogen and oxygen atoms in total. The van der Waals surface area contributed by atoms with E-state index in [1.807, 2.05) is 0 Å². The van der Waals surface area contributed by atoms with Crippen LogP contribution in [0, 0.1) is 17.5 Å². The molecule has 0 spiro atoms. The van der Waals surface area contributed by atoms with E-state index >= 15 is 0 Å². The standard InChI is InChI=1S/C14H9F3O2/c15-10-6-11(16)13(12(17)7-10)14(18)19-8-9-4-2-1-3-5-9/h1-7H,8H2. The Morgan fingerprint density at radius 2 is 1.58 bits per heavy atom. The van der Waals surface area contributed by atoms with E-state index in [0.29, 0.717) is 17.7 Å². The zero-order chi connectivity index (χ0) is 13.8. The Balaban J connectivity index is 2.13. The normalized spacial score (nSPS) is 10.3. The lowest BCUT2D eigenvalue weighted by molar-refractivity contribution is 0.0461. The highest BCUT2D eigenvalue weighted by Gasteiger charge is 2.20. The van der Waals surface area contributed by atoms with E-state index in [-0.39, 0.29) is 6.61 Å². The minimum Gasteiger partial charge on any atom is -0.457 e. The van der Waals surface area contributed by atoms with Gasteiger partial charge < -0.3 is 4.74 Å². The number of halogens is 3. The number of carbonyl (C=O) groups is 1. The fourth-order valence-corrected chi connectivity index (χ4v) is 1.53. The zero-order valence-corrected chi connectivity index (χ0v) is 9.70. The van der Waals surface area contributed by atoms with E-state index in [1.54, 1.807) is 30.3 Å². The van der Waals surface area contributed by atoms with Gasteiger partial charge in [0.2, 0.25) is 0 Å². The van der Waals surface area contributed by atoms with Gasteiger partial charge >= 0.3 is 5.97 Å². The van der Waals surface area contributed by atoms with Crippen LogP contribution in [0.4, 0.5) is 13.2 Å². The molecule has 0 atom stereocenters. The first kappa shape index (κ1) is 13.1. The first-order valence-corrected chi connectivity index (χ1v) is 5.43. The predicted molar refractivity (Wildman–Crippen MR) is 61.9 cm³/mol. The number of carbonyl (C=O) groups excluding carboxylic acids is 1. The second kappa shape index (κ2) is 5.56. The summed E-state index contributed by atoms with van der Waals surface area (Å²) >= 11 is 0. The van der Waals surface area contributed by atoms with Crippen molar-refractivity contribution in [2.24, 2.45) is 0 Å². The quantitative estimate of drug-likeness (QED) is 0.795. The van der Waals surface area contributed by atoms with Crippen LogP contribution >= 0.6 is 0 Å². The molecule has 0 aliphatic carbocycles. The molecule has 0 saturated heterocycles. The van der Waals surface area contributed by atoms with Gasteiger partial charge in [0, 0.05) is 12.1 Å². The third kappa shape index (κ3) is 3.13. The average molecular weight is 266 g/mol. The van der Waals surface area contributed by atoms with Crippen molar-refractivity contribution in [3.05, 3.63) is 71.0 Å². The molecule has 0 aliphatic heterocycles. The predicted octanol–water partition coefficient (Wildman–Crippen LogP) is 3.46. The number of esters is 1. The maximum absolute atomic E-state index is 13.3. The van der Waals surface area contributed by atoms with Crippen LogP contribution in [-0.2, 0) is 11.3 Å². The lowest BCUT2D eigenvalue weighted by atomic mass is 10.2. The molecule has 2 aromatic carbocycles. The topological polar surface area (TPSA) is 26.3 Å². The number of hydrogen-bond donors (Lipinski definition) is 0. The van der Waals surface area contributed by atoms with Crippen molar-refractivity contribution in [2.45, 2.75) is 6.61 Å². The van der Waals surface area contributed by atoms with Gasteiger partial charge in [0.1, 0.15) is 29.6 Å². The number of benzene rings is 2. The van der Waals surface area contributed by atoms with Gasteiger partial charge in [-0.05, 0) is 5.56 Å². The van der Waals surface area contributed by atoms with Gasteiger partial charge in [0.25, 0.3) is 0 Å². The monoisotopic (exact) mass is 266 g/mol. The molecule has 0 unspecified atom stereocenters. The van der Waals surface area contributed by atoms with Crippen LogP contribution < -0.4 is 0 Å². The summed E-state index contributed by atoms with van der Waals surface area (Å²) < 4.78 is 44.1. The maximum atomic E-state index is 13.3. The number of hydrogen-bond acceptors (Lipinski definition) is 2. The van der Waals surface area contributed by atoms with Crippen molar-refractivity contribution >= 4 is 5.97 Å². The first-order valence-electron chi connectivity index (χ1n) is 5.43. The number of rotatable bonds is 3. The van der Waals surface area contributed by atoms with Gasteiger partial charge in [-0.25, -0.2) is 18.0 Å². The molecular weight excluding hydrogens is 257 g/mol. The summed E-state index contributed by atoms with van der Waals surface area (Å²) in [4.78, 5) is 11.5. The van der Waals surface area contributed by atoms with E-state index in [2.05, 4.69) is 0 Å². The SMILES string of the molecule is O=C(OCc1ccccc1)c1c(F)cc(F)cc1F. The van der Waals surface area contributed by atoms with Crippen LogP contribution in [0.1, 0.15) is 15.9 Å². The molecule has 0 amide bonds. The first-order chi connectivity index (χ1) is 9.08. The van der Waals surface area contributed by atoms with E-state index in [0.717, 1.165) is 0 Å². The Kier molecular flexibility index (Phi) is 3.85. The Hall–Kier alpha value is -2.30. The van der Waals surface area contributed by atoms with Gasteiger partial charge in [0.15, 0.2) is 0 Å². The molecule has 2 rings (SSSR count). The van der Waals surface area contributed by atoms with Gasteiger partial charge in [-0.3, -0.25) is 0 Å². The molecule has 2 aromatic rings. The van der Waals surface area contributed by atoms with E-state index < -0.39 is 29.0 Å². The van der Waals surface area contributed by atoms with Crippen LogP contribution in [0.25, 0.3) is 0 Å². The van der Waals surface area contributed by atoms with Gasteiger partial charge in [-0.15, -0.1) is 0 Å². The van der Waals surface area contributed by atoms with E-state index in [9.17, 15) is 18.0 Å². The maximum Gasteiger partial charge on any atom is 0.344 e. The summed E-state index contributed by atoms with van der Waals surface area (Å²) in [6.45, 7) is -0.115. The summed E-state index contributed by atoms with van der Waals surface area (Å²) in [5, 5.41) is 0. The molecule has 0 bridgehead atoms. The van der Waals surface area contributed by atoms with Crippen LogP contribution in [0.5, 0.6) is 0 Å². The Morgan fingerprint density at radius 1 is 1.00 bits per heavy atom. The molecule has 98 valence electrons. The lowest BCUT2D eigenvalue weighted by Crippen LogP contribution is -2.10. The van der Waals surface area contributed by atoms with Crippen molar-refractivity contribution in [3.8, 4) is 0 Å². The lowest BCUT2D eigenvalue weighted by Gasteiger charge is -2.06. The van der Waals surface area contributed by atoms with Crippen LogP contribution in [0.2, 0.25) is 0 Å². The van der Waals surface area contributed by atoms with E-state index in [1.165, 1.54) is 0 Å². The molecular formula is C14H9F3O2. The van der Waals surface area contributed by atoms with Crippen molar-refractivity contribution in [3.63, 3.8) is 0 Å². The van der Waals surface area contributed by atoms with Crippen LogP contribution in [0.15, 0.2) is 42.5 Å². The molecule has 19 heavy (non-hydrogen) atoms. The second-order valence-corrected chi connectivity index (χ2v) is 3.81. The molecule has 0 fully saturated rings.